The first-order valence-electron chi connectivity index (χ1n) is 6.17. The molecule has 1 N–H and O–H groups in total. The smallest absolute Gasteiger partial charge is 0.229 e. The van der Waals surface area contributed by atoms with Crippen LogP contribution in [0.3, 0.4) is 0 Å². The summed E-state index contributed by atoms with van der Waals surface area (Å²) < 4.78 is 14.2. The van der Waals surface area contributed by atoms with Gasteiger partial charge in [0, 0.05) is 4.88 Å². The van der Waals surface area contributed by atoms with Crippen LogP contribution in [0.25, 0.3) is 0 Å². The Labute approximate surface area is 134 Å². The first kappa shape index (κ1) is 15.7. The molecule has 0 aliphatic rings. The average molecular weight is 367 g/mol. The minimum absolute atomic E-state index is 0.0772. The van der Waals surface area contributed by atoms with Crippen LogP contribution in [-0.4, -0.2) is 5.91 Å². The number of hydrogen-bond donors (Lipinski definition) is 1. The van der Waals surface area contributed by atoms with Crippen LogP contribution in [-0.2, 0) is 11.2 Å². The van der Waals surface area contributed by atoms with E-state index in [0.29, 0.717) is 20.6 Å². The van der Waals surface area contributed by atoms with Crippen molar-refractivity contribution in [3.63, 3.8) is 0 Å². The van der Waals surface area contributed by atoms with Gasteiger partial charge in [0.15, 0.2) is 0 Å². The van der Waals surface area contributed by atoms with Crippen LogP contribution < -0.4 is 5.32 Å². The lowest BCUT2D eigenvalue weighted by atomic mass is 10.1. The molecule has 1 heterocycles. The Hall–Kier alpha value is -1.71. The number of carbonyl (C=O) groups excluding carboxylic acids is 1. The Bertz CT molecular complexity index is 749. The molecule has 2 aromatic rings. The average Bonchev–Trinajstić information content (AvgIpc) is 2.69. The molecule has 6 heteroatoms. The molecule has 2 rings (SSSR count). The van der Waals surface area contributed by atoms with Crippen molar-refractivity contribution < 1.29 is 9.18 Å². The maximum Gasteiger partial charge on any atom is 0.229 e. The molecular formula is C15H12BrFN2OS. The Kier molecular flexibility index (Phi) is 4.76. The zero-order valence-corrected chi connectivity index (χ0v) is 13.9. The fourth-order valence-electron chi connectivity index (χ4n) is 1.88. The summed E-state index contributed by atoms with van der Waals surface area (Å²) in [7, 11) is 0. The van der Waals surface area contributed by atoms with E-state index >= 15 is 0 Å². The number of nitrogens with one attached hydrogen (secondary N) is 1. The summed E-state index contributed by atoms with van der Waals surface area (Å²) in [4.78, 5) is 13.0. The molecule has 21 heavy (non-hydrogen) atoms. The molecule has 1 aromatic heterocycles. The molecule has 3 nitrogen and oxygen atoms in total. The standard InChI is InChI=1S/C15H12BrFN2OS/c1-8-9(2)21-15(11(8)7-18)19-13(20)6-10-4-3-5-12(16)14(10)17/h3-5H,6H2,1-2H3,(H,19,20). The van der Waals surface area contributed by atoms with Crippen LogP contribution in [0.1, 0.15) is 21.6 Å². The minimum Gasteiger partial charge on any atom is -0.316 e. The van der Waals surface area contributed by atoms with Crippen molar-refractivity contribution in [3.8, 4) is 6.07 Å². The number of hydrogen-bond acceptors (Lipinski definition) is 3. The third-order valence-electron chi connectivity index (χ3n) is 3.13. The van der Waals surface area contributed by atoms with E-state index in [1.54, 1.807) is 18.2 Å². The molecule has 0 saturated heterocycles. The second-order valence-electron chi connectivity index (χ2n) is 4.54. The first-order valence-corrected chi connectivity index (χ1v) is 7.77. The highest BCUT2D eigenvalue weighted by Crippen LogP contribution is 2.31. The number of thiophene rings is 1. The van der Waals surface area contributed by atoms with Crippen molar-refractivity contribution in [2.24, 2.45) is 0 Å². The molecule has 0 fully saturated rings. The lowest BCUT2D eigenvalue weighted by Crippen LogP contribution is -2.15. The summed E-state index contributed by atoms with van der Waals surface area (Å²) in [5.41, 5.74) is 1.65. The van der Waals surface area contributed by atoms with Gasteiger partial charge >= 0.3 is 0 Å². The number of nitrogens with zero attached hydrogens (tertiary/aromatic N) is 1. The maximum atomic E-state index is 13.8. The third kappa shape index (κ3) is 3.31. The van der Waals surface area contributed by atoms with Gasteiger partial charge in [-0.3, -0.25) is 4.79 Å². The van der Waals surface area contributed by atoms with Gasteiger partial charge in [-0.05, 0) is 47.0 Å². The molecule has 0 aliphatic carbocycles. The van der Waals surface area contributed by atoms with Crippen molar-refractivity contribution >= 4 is 38.2 Å². The van der Waals surface area contributed by atoms with Crippen molar-refractivity contribution in [2.45, 2.75) is 20.3 Å². The zero-order valence-electron chi connectivity index (χ0n) is 11.5. The van der Waals surface area contributed by atoms with Gasteiger partial charge in [0.1, 0.15) is 16.9 Å². The van der Waals surface area contributed by atoms with E-state index in [-0.39, 0.29) is 12.3 Å². The van der Waals surface area contributed by atoms with E-state index in [0.717, 1.165) is 10.4 Å². The summed E-state index contributed by atoms with van der Waals surface area (Å²) in [6, 6.07) is 6.91. The van der Waals surface area contributed by atoms with E-state index in [1.165, 1.54) is 11.3 Å². The van der Waals surface area contributed by atoms with Gasteiger partial charge < -0.3 is 5.32 Å². The van der Waals surface area contributed by atoms with Gasteiger partial charge in [0.2, 0.25) is 5.91 Å². The first-order chi connectivity index (χ1) is 9.93. The van der Waals surface area contributed by atoms with E-state index in [9.17, 15) is 9.18 Å². The number of rotatable bonds is 3. The number of carbonyl (C=O) groups is 1. The van der Waals surface area contributed by atoms with Crippen LogP contribution >= 0.6 is 27.3 Å². The molecule has 0 atom stereocenters. The predicted molar refractivity (Wildman–Crippen MR) is 84.9 cm³/mol. The molecule has 0 spiro atoms. The van der Waals surface area contributed by atoms with Crippen molar-refractivity contribution in [2.75, 3.05) is 5.32 Å². The maximum absolute atomic E-state index is 13.8. The van der Waals surface area contributed by atoms with E-state index in [1.807, 2.05) is 13.8 Å². The Morgan fingerprint density at radius 2 is 2.19 bits per heavy atom. The SMILES string of the molecule is Cc1sc(NC(=O)Cc2cccc(Br)c2F)c(C#N)c1C. The van der Waals surface area contributed by atoms with Crippen molar-refractivity contribution in [3.05, 3.63) is 50.1 Å². The summed E-state index contributed by atoms with van der Waals surface area (Å²) in [5.74, 6) is -0.781. The summed E-state index contributed by atoms with van der Waals surface area (Å²) in [6.45, 7) is 3.73. The van der Waals surface area contributed by atoms with Crippen molar-refractivity contribution in [1.29, 1.82) is 5.26 Å². The fourth-order valence-corrected chi connectivity index (χ4v) is 3.31. The molecule has 0 bridgehead atoms. The third-order valence-corrected chi connectivity index (χ3v) is 4.87. The normalized spacial score (nSPS) is 10.2. The van der Waals surface area contributed by atoms with Gasteiger partial charge in [0.25, 0.3) is 0 Å². The number of amides is 1. The Morgan fingerprint density at radius 3 is 2.86 bits per heavy atom. The topological polar surface area (TPSA) is 52.9 Å². The lowest BCUT2D eigenvalue weighted by molar-refractivity contribution is -0.115. The minimum atomic E-state index is -0.438. The number of halogens is 2. The van der Waals surface area contributed by atoms with E-state index in [2.05, 4.69) is 27.3 Å². The summed E-state index contributed by atoms with van der Waals surface area (Å²) >= 11 is 4.45. The molecule has 0 aliphatic heterocycles. The number of aryl methyl sites for hydroxylation is 1. The van der Waals surface area contributed by atoms with Crippen molar-refractivity contribution in [1.82, 2.24) is 0 Å². The van der Waals surface area contributed by atoms with E-state index in [4.69, 9.17) is 5.26 Å². The van der Waals surface area contributed by atoms with E-state index < -0.39 is 5.82 Å². The number of benzene rings is 1. The predicted octanol–water partition coefficient (Wildman–Crippen LogP) is 4.32. The largest absolute Gasteiger partial charge is 0.316 e. The molecule has 0 saturated carbocycles. The number of nitriles is 1. The lowest BCUT2D eigenvalue weighted by Gasteiger charge is -2.06. The van der Waals surface area contributed by atoms with Gasteiger partial charge in [-0.25, -0.2) is 4.39 Å². The zero-order chi connectivity index (χ0) is 15.6. The quantitative estimate of drug-likeness (QED) is 0.879. The van der Waals surface area contributed by atoms with Crippen LogP contribution in [0.4, 0.5) is 9.39 Å². The highest BCUT2D eigenvalue weighted by atomic mass is 79.9. The molecule has 1 amide bonds. The fraction of sp³-hybridized carbons (Fsp3) is 0.200. The second kappa shape index (κ2) is 6.37. The second-order valence-corrected chi connectivity index (χ2v) is 6.62. The van der Waals surface area contributed by atoms with Crippen LogP contribution in [0.15, 0.2) is 22.7 Å². The summed E-state index contributed by atoms with van der Waals surface area (Å²) in [6.07, 6.45) is -0.0772. The van der Waals surface area contributed by atoms with Crippen LogP contribution in [0.2, 0.25) is 0 Å². The summed E-state index contributed by atoms with van der Waals surface area (Å²) in [5, 5.41) is 12.3. The highest BCUT2D eigenvalue weighted by Gasteiger charge is 2.16. The van der Waals surface area contributed by atoms with Gasteiger partial charge in [-0.1, -0.05) is 12.1 Å². The molecule has 108 valence electrons. The Morgan fingerprint density at radius 1 is 1.48 bits per heavy atom. The highest BCUT2D eigenvalue weighted by molar-refractivity contribution is 9.10. The molecule has 0 radical (unpaired) electrons. The molecular weight excluding hydrogens is 355 g/mol. The van der Waals surface area contributed by atoms with Crippen LogP contribution in [0.5, 0.6) is 0 Å². The monoisotopic (exact) mass is 366 g/mol. The van der Waals surface area contributed by atoms with Gasteiger partial charge in [0.05, 0.1) is 16.5 Å². The van der Waals surface area contributed by atoms with Crippen LogP contribution in [0, 0.1) is 31.0 Å². The molecule has 1 aromatic carbocycles. The molecule has 0 unspecified atom stereocenters. The van der Waals surface area contributed by atoms with Gasteiger partial charge in [-0.15, -0.1) is 11.3 Å². The van der Waals surface area contributed by atoms with Gasteiger partial charge in [-0.2, -0.15) is 5.26 Å². The number of anilines is 1. The Balaban J connectivity index is 2.18.